The van der Waals surface area contributed by atoms with E-state index in [4.69, 9.17) is 23.2 Å². The Morgan fingerprint density at radius 2 is 1.20 bits per heavy atom. The molecule has 2 aromatic carbocycles. The molecule has 0 bridgehead atoms. The van der Waals surface area contributed by atoms with Crippen molar-refractivity contribution in [2.24, 2.45) is 0 Å². The van der Waals surface area contributed by atoms with Crippen molar-refractivity contribution < 1.29 is 9.59 Å². The molecule has 0 radical (unpaired) electrons. The number of carbonyl (C=O) groups is 2. The minimum Gasteiger partial charge on any atom is -0.267 e. The number of hydrazine groups is 1. The van der Waals surface area contributed by atoms with Gasteiger partial charge in [-0.25, -0.2) is 10.0 Å². The zero-order valence-electron chi connectivity index (χ0n) is 14.6. The maximum Gasteiger partial charge on any atom is 0.274 e. The van der Waals surface area contributed by atoms with E-state index in [0.29, 0.717) is 21.2 Å². The number of rotatable bonds is 2. The Labute approximate surface area is 157 Å². The highest BCUT2D eigenvalue weighted by molar-refractivity contribution is 6.34. The van der Waals surface area contributed by atoms with Crippen LogP contribution in [0.25, 0.3) is 0 Å². The lowest BCUT2D eigenvalue weighted by Crippen LogP contribution is -2.56. The van der Waals surface area contributed by atoms with Gasteiger partial charge >= 0.3 is 0 Å². The standard InChI is InChI=1S/C19H20Cl2N2O2/c1-19(2,3)23(18(25)14-10-6-8-12-16(14)21)22(4)17(24)13-9-5-7-11-15(13)20/h5-12H,1-4H3. The highest BCUT2D eigenvalue weighted by atomic mass is 35.5. The van der Waals surface area contributed by atoms with Crippen molar-refractivity contribution in [2.45, 2.75) is 26.3 Å². The molecule has 2 rings (SSSR count). The lowest BCUT2D eigenvalue weighted by atomic mass is 10.1. The van der Waals surface area contributed by atoms with E-state index in [2.05, 4.69) is 0 Å². The number of amides is 2. The van der Waals surface area contributed by atoms with E-state index >= 15 is 0 Å². The van der Waals surface area contributed by atoms with Gasteiger partial charge in [-0.1, -0.05) is 47.5 Å². The molecule has 6 heteroatoms. The molecule has 0 heterocycles. The molecule has 0 saturated heterocycles. The van der Waals surface area contributed by atoms with Crippen LogP contribution in [0.15, 0.2) is 48.5 Å². The normalized spacial score (nSPS) is 11.1. The monoisotopic (exact) mass is 378 g/mol. The van der Waals surface area contributed by atoms with Crippen molar-refractivity contribution in [1.82, 2.24) is 10.0 Å². The zero-order chi connectivity index (χ0) is 18.8. The summed E-state index contributed by atoms with van der Waals surface area (Å²) in [6, 6.07) is 13.5. The molecule has 0 N–H and O–H groups in total. The Hall–Kier alpha value is -2.04. The molecule has 0 spiro atoms. The van der Waals surface area contributed by atoms with Gasteiger partial charge in [0.05, 0.1) is 26.7 Å². The molecular weight excluding hydrogens is 359 g/mol. The first-order chi connectivity index (χ1) is 11.6. The quantitative estimate of drug-likeness (QED) is 0.695. The summed E-state index contributed by atoms with van der Waals surface area (Å²) in [6.07, 6.45) is 0. The Bertz CT molecular complexity index is 800. The van der Waals surface area contributed by atoms with Crippen LogP contribution in [0, 0.1) is 0 Å². The van der Waals surface area contributed by atoms with E-state index in [1.54, 1.807) is 55.6 Å². The van der Waals surface area contributed by atoms with Gasteiger partial charge in [0.15, 0.2) is 0 Å². The van der Waals surface area contributed by atoms with Crippen molar-refractivity contribution in [3.8, 4) is 0 Å². The summed E-state index contributed by atoms with van der Waals surface area (Å²) in [7, 11) is 1.55. The van der Waals surface area contributed by atoms with Gasteiger partial charge in [0.1, 0.15) is 0 Å². The molecule has 2 amide bonds. The van der Waals surface area contributed by atoms with Crippen LogP contribution in [0.1, 0.15) is 41.5 Å². The van der Waals surface area contributed by atoms with E-state index < -0.39 is 5.54 Å². The van der Waals surface area contributed by atoms with Gasteiger partial charge in [-0.05, 0) is 45.0 Å². The van der Waals surface area contributed by atoms with Crippen molar-refractivity contribution in [3.05, 3.63) is 69.7 Å². The van der Waals surface area contributed by atoms with Gasteiger partial charge < -0.3 is 0 Å². The molecule has 0 aliphatic carbocycles. The minimum absolute atomic E-state index is 0.327. The second-order valence-corrected chi connectivity index (χ2v) is 7.39. The summed E-state index contributed by atoms with van der Waals surface area (Å²) >= 11 is 12.3. The summed E-state index contributed by atoms with van der Waals surface area (Å²) in [5, 5.41) is 3.34. The molecule has 0 aromatic heterocycles. The molecule has 0 saturated carbocycles. The van der Waals surface area contributed by atoms with Crippen LogP contribution in [0.2, 0.25) is 10.0 Å². The molecule has 0 aliphatic rings. The van der Waals surface area contributed by atoms with Crippen LogP contribution < -0.4 is 0 Å². The first kappa shape index (κ1) is 19.3. The molecule has 25 heavy (non-hydrogen) atoms. The fraction of sp³-hybridized carbons (Fsp3) is 0.263. The van der Waals surface area contributed by atoms with Crippen LogP contribution >= 0.6 is 23.2 Å². The van der Waals surface area contributed by atoms with E-state index in [1.165, 1.54) is 10.0 Å². The summed E-state index contributed by atoms with van der Waals surface area (Å²) in [6.45, 7) is 5.54. The lowest BCUT2D eigenvalue weighted by molar-refractivity contribution is -0.0307. The summed E-state index contributed by atoms with van der Waals surface area (Å²) in [4.78, 5) is 26.0. The third-order valence-corrected chi connectivity index (χ3v) is 4.29. The average molecular weight is 379 g/mol. The fourth-order valence-electron chi connectivity index (χ4n) is 2.54. The molecule has 4 nitrogen and oxygen atoms in total. The first-order valence-corrected chi connectivity index (χ1v) is 8.51. The van der Waals surface area contributed by atoms with E-state index in [0.717, 1.165) is 0 Å². The first-order valence-electron chi connectivity index (χ1n) is 7.76. The summed E-state index contributed by atoms with van der Waals surface area (Å²) in [5.74, 6) is -0.734. The Kier molecular flexibility index (Phi) is 5.76. The predicted octanol–water partition coefficient (Wildman–Crippen LogP) is 4.92. The second kappa shape index (κ2) is 7.46. The van der Waals surface area contributed by atoms with E-state index in [-0.39, 0.29) is 11.8 Å². The SMILES string of the molecule is CN(C(=O)c1ccccc1Cl)N(C(=O)c1ccccc1Cl)C(C)(C)C. The van der Waals surface area contributed by atoms with Gasteiger partial charge in [-0.3, -0.25) is 9.59 Å². The van der Waals surface area contributed by atoms with Crippen molar-refractivity contribution in [3.63, 3.8) is 0 Å². The molecule has 0 aliphatic heterocycles. The van der Waals surface area contributed by atoms with Gasteiger partial charge in [0.25, 0.3) is 11.8 Å². The Morgan fingerprint density at radius 1 is 0.800 bits per heavy atom. The number of hydrogen-bond acceptors (Lipinski definition) is 2. The number of hydrogen-bond donors (Lipinski definition) is 0. The van der Waals surface area contributed by atoms with Crippen LogP contribution in [-0.2, 0) is 0 Å². The fourth-order valence-corrected chi connectivity index (χ4v) is 2.97. The number of benzene rings is 2. The third kappa shape index (κ3) is 4.14. The van der Waals surface area contributed by atoms with Gasteiger partial charge in [0.2, 0.25) is 0 Å². The second-order valence-electron chi connectivity index (χ2n) is 6.58. The Morgan fingerprint density at radius 3 is 1.60 bits per heavy atom. The van der Waals surface area contributed by atoms with Crippen LogP contribution in [0.3, 0.4) is 0 Å². The lowest BCUT2D eigenvalue weighted by Gasteiger charge is -2.41. The number of halogens is 2. The molecule has 0 fully saturated rings. The Balaban J connectivity index is 2.45. The number of nitrogens with zero attached hydrogens (tertiary/aromatic N) is 2. The molecule has 0 atom stereocenters. The van der Waals surface area contributed by atoms with E-state index in [1.807, 2.05) is 20.8 Å². The predicted molar refractivity (Wildman–Crippen MR) is 101 cm³/mol. The minimum atomic E-state index is -0.651. The van der Waals surface area contributed by atoms with Gasteiger partial charge in [-0.2, -0.15) is 0 Å². The van der Waals surface area contributed by atoms with Crippen molar-refractivity contribution in [1.29, 1.82) is 0 Å². The molecule has 2 aromatic rings. The van der Waals surface area contributed by atoms with E-state index in [9.17, 15) is 9.59 Å². The van der Waals surface area contributed by atoms with Crippen LogP contribution in [0.5, 0.6) is 0 Å². The van der Waals surface area contributed by atoms with Gasteiger partial charge in [0, 0.05) is 7.05 Å². The molecule has 132 valence electrons. The van der Waals surface area contributed by atoms with Crippen LogP contribution in [-0.4, -0.2) is 34.4 Å². The molecule has 0 unspecified atom stereocenters. The smallest absolute Gasteiger partial charge is 0.267 e. The third-order valence-electron chi connectivity index (χ3n) is 3.63. The number of carbonyl (C=O) groups excluding carboxylic acids is 2. The largest absolute Gasteiger partial charge is 0.274 e. The van der Waals surface area contributed by atoms with Crippen LogP contribution in [0.4, 0.5) is 0 Å². The van der Waals surface area contributed by atoms with Crippen molar-refractivity contribution in [2.75, 3.05) is 7.05 Å². The summed E-state index contributed by atoms with van der Waals surface area (Å²) < 4.78 is 0. The highest BCUT2D eigenvalue weighted by Gasteiger charge is 2.35. The highest BCUT2D eigenvalue weighted by Crippen LogP contribution is 2.26. The average Bonchev–Trinajstić information content (AvgIpc) is 2.53. The summed E-state index contributed by atoms with van der Waals surface area (Å²) in [5.41, 5.74) is 0.00725. The molecular formula is C19H20Cl2N2O2. The van der Waals surface area contributed by atoms with Gasteiger partial charge in [-0.15, -0.1) is 0 Å². The van der Waals surface area contributed by atoms with Crippen molar-refractivity contribution >= 4 is 35.0 Å². The maximum atomic E-state index is 13.1. The zero-order valence-corrected chi connectivity index (χ0v) is 16.1. The maximum absolute atomic E-state index is 13.1. The topological polar surface area (TPSA) is 40.6 Å².